The first-order valence-corrected chi connectivity index (χ1v) is 19.2. The molecule has 2 aliphatic heterocycles. The van der Waals surface area contributed by atoms with Gasteiger partial charge in [0, 0.05) is 12.1 Å². The second-order valence-corrected chi connectivity index (χ2v) is 16.5. The first-order chi connectivity index (χ1) is 23.8. The average Bonchev–Trinajstić information content (AvgIpc) is 3.72. The van der Waals surface area contributed by atoms with Crippen LogP contribution in [-0.4, -0.2) is 81.5 Å². The largest absolute Gasteiger partial charge is 0.347 e. The molecule has 5 N–H and O–H groups in total. The topological polar surface area (TPSA) is 170 Å². The molecule has 5 fully saturated rings. The summed E-state index contributed by atoms with van der Waals surface area (Å²) in [5, 5.41) is 11.9. The predicted octanol–water partition coefficient (Wildman–Crippen LogP) is 4.04. The highest BCUT2D eigenvalue weighted by molar-refractivity contribution is 6.41. The van der Waals surface area contributed by atoms with Crippen molar-refractivity contribution >= 4 is 58.5 Å². The summed E-state index contributed by atoms with van der Waals surface area (Å²) < 4.78 is 0. The van der Waals surface area contributed by atoms with Crippen LogP contribution in [0.25, 0.3) is 0 Å². The lowest BCUT2D eigenvalue weighted by Gasteiger charge is -2.55. The molecular formula is C36H50Cl2N6O6. The van der Waals surface area contributed by atoms with Crippen molar-refractivity contribution in [2.75, 3.05) is 0 Å². The van der Waals surface area contributed by atoms with E-state index in [9.17, 15) is 28.8 Å². The number of rotatable bonds is 12. The van der Waals surface area contributed by atoms with Gasteiger partial charge in [-0.1, -0.05) is 76.1 Å². The summed E-state index contributed by atoms with van der Waals surface area (Å²) in [6.07, 6.45) is 10.1. The van der Waals surface area contributed by atoms with Crippen LogP contribution in [0.3, 0.4) is 0 Å². The fraction of sp³-hybridized carbons (Fsp3) is 0.722. The molecule has 0 bridgehead atoms. The Bertz CT molecular complexity index is 1500. The van der Waals surface area contributed by atoms with Crippen LogP contribution in [0.2, 0.25) is 10.2 Å². The summed E-state index contributed by atoms with van der Waals surface area (Å²) in [6, 6.07) is -2.41. The zero-order valence-corrected chi connectivity index (χ0v) is 30.6. The van der Waals surface area contributed by atoms with Crippen LogP contribution in [0, 0.1) is 23.2 Å². The number of aromatic nitrogens is 1. The van der Waals surface area contributed by atoms with Crippen LogP contribution in [0.5, 0.6) is 0 Å². The minimum absolute atomic E-state index is 0.0114. The highest BCUT2D eigenvalue weighted by Crippen LogP contribution is 2.54. The first kappa shape index (κ1) is 36.7. The molecule has 0 radical (unpaired) electrons. The molecule has 7 atom stereocenters. The highest BCUT2D eigenvalue weighted by atomic mass is 35.5. The fourth-order valence-corrected chi connectivity index (χ4v) is 9.45. The van der Waals surface area contributed by atoms with Crippen molar-refractivity contribution in [3.63, 3.8) is 0 Å². The normalized spacial score (nSPS) is 28.6. The molecule has 1 aromatic rings. The number of Topliss-reactive ketones (excluding diaryl/α,β-unsaturated/α-hetero) is 1. The van der Waals surface area contributed by atoms with E-state index in [0.717, 1.165) is 64.2 Å². The van der Waals surface area contributed by atoms with Gasteiger partial charge in [-0.15, -0.1) is 0 Å². The van der Waals surface area contributed by atoms with E-state index in [1.807, 2.05) is 20.8 Å². The van der Waals surface area contributed by atoms with Crippen molar-refractivity contribution in [2.24, 2.45) is 23.2 Å². The van der Waals surface area contributed by atoms with Crippen molar-refractivity contribution in [1.82, 2.24) is 31.2 Å². The SMILES string of the molecule is CCC[C@H](NC(=O)[C@@H]1C[C@@H]2CCCC3[C@@H]2N1C(=O)[C@@H](NC(=O)C(NC(=O)c1cc(Cl)c(Cl)[nH]1)C1CCCCC1)C3(C)C)C(=O)C(=O)NC1CC1. The van der Waals surface area contributed by atoms with Crippen molar-refractivity contribution in [3.05, 3.63) is 21.9 Å². The molecule has 0 spiro atoms. The maximum atomic E-state index is 14.6. The van der Waals surface area contributed by atoms with Gasteiger partial charge >= 0.3 is 0 Å². The Labute approximate surface area is 303 Å². The predicted molar refractivity (Wildman–Crippen MR) is 187 cm³/mol. The van der Waals surface area contributed by atoms with Gasteiger partial charge in [-0.3, -0.25) is 28.8 Å². The van der Waals surface area contributed by atoms with Gasteiger partial charge in [0.1, 0.15) is 29.0 Å². The average molecular weight is 734 g/mol. The van der Waals surface area contributed by atoms with E-state index >= 15 is 0 Å². The zero-order chi connectivity index (χ0) is 35.9. The molecule has 5 aliphatic rings. The van der Waals surface area contributed by atoms with E-state index < -0.39 is 59.0 Å². The minimum atomic E-state index is -0.985. The Balaban J connectivity index is 1.23. The van der Waals surface area contributed by atoms with Crippen LogP contribution in [0.1, 0.15) is 115 Å². The lowest BCUT2D eigenvalue weighted by Crippen LogP contribution is -2.70. The second-order valence-electron chi connectivity index (χ2n) is 15.7. The molecule has 0 aromatic carbocycles. The molecule has 5 amide bonds. The number of piperidine rings is 1. The van der Waals surface area contributed by atoms with Gasteiger partial charge in [-0.05, 0) is 80.6 Å². The maximum Gasteiger partial charge on any atom is 0.289 e. The molecule has 50 heavy (non-hydrogen) atoms. The Morgan fingerprint density at radius 2 is 1.68 bits per heavy atom. The number of nitrogens with zero attached hydrogens (tertiary/aromatic N) is 1. The summed E-state index contributed by atoms with van der Waals surface area (Å²) in [5.41, 5.74) is -0.504. The number of H-pyrrole nitrogens is 1. The van der Waals surface area contributed by atoms with Crippen molar-refractivity contribution < 1.29 is 28.8 Å². The molecule has 2 saturated heterocycles. The molecule has 14 heteroatoms. The molecule has 1 aromatic heterocycles. The third-order valence-electron chi connectivity index (χ3n) is 12.0. The van der Waals surface area contributed by atoms with Gasteiger partial charge in [-0.2, -0.15) is 0 Å². The number of halogens is 2. The lowest BCUT2D eigenvalue weighted by atomic mass is 9.60. The number of carbonyl (C=O) groups excluding carboxylic acids is 6. The molecule has 3 saturated carbocycles. The van der Waals surface area contributed by atoms with E-state index in [0.29, 0.717) is 19.3 Å². The number of hydrogen-bond acceptors (Lipinski definition) is 6. The first-order valence-electron chi connectivity index (χ1n) is 18.4. The Kier molecular flexibility index (Phi) is 10.9. The zero-order valence-electron chi connectivity index (χ0n) is 29.1. The summed E-state index contributed by atoms with van der Waals surface area (Å²) in [6.45, 7) is 5.91. The molecule has 274 valence electrons. The number of aromatic amines is 1. The van der Waals surface area contributed by atoms with Crippen LogP contribution in [0.15, 0.2) is 6.07 Å². The number of nitrogens with one attached hydrogen (secondary N) is 5. The minimum Gasteiger partial charge on any atom is -0.347 e. The number of amides is 5. The van der Waals surface area contributed by atoms with Gasteiger partial charge in [0.2, 0.25) is 23.5 Å². The Hall–Kier alpha value is -3.12. The van der Waals surface area contributed by atoms with Crippen molar-refractivity contribution in [1.29, 1.82) is 0 Å². The monoisotopic (exact) mass is 732 g/mol. The smallest absolute Gasteiger partial charge is 0.289 e. The second kappa shape index (κ2) is 14.9. The quantitative estimate of drug-likeness (QED) is 0.203. The van der Waals surface area contributed by atoms with Crippen molar-refractivity contribution in [3.8, 4) is 0 Å². The van der Waals surface area contributed by atoms with E-state index in [-0.39, 0.29) is 51.6 Å². The van der Waals surface area contributed by atoms with Crippen LogP contribution >= 0.6 is 23.2 Å². The van der Waals surface area contributed by atoms with Crippen molar-refractivity contribution in [2.45, 2.75) is 140 Å². The number of hydrogen-bond donors (Lipinski definition) is 5. The summed E-state index contributed by atoms with van der Waals surface area (Å²) in [4.78, 5) is 86.5. The third-order valence-corrected chi connectivity index (χ3v) is 12.7. The third kappa shape index (κ3) is 7.29. The standard InChI is InChI=1S/C36H50Cl2N6O6/c1-4-9-23(28(45)34(49)39-20-14-15-20)41-32(47)25-16-19-12-8-13-21-27(19)44(25)35(50)29(36(21,2)3)43-33(48)26(18-10-6-5-7-11-18)42-31(46)24-17-22(37)30(38)40-24/h17-21,23,25-27,29,40H,4-16H2,1-3H3,(H,39,49)(H,41,47)(H,42,46)(H,43,48)/t19-,21?,23-,25-,26?,27+,29+/m0/s1. The number of carbonyl (C=O) groups is 6. The molecule has 6 rings (SSSR count). The van der Waals surface area contributed by atoms with E-state index in [1.165, 1.54) is 6.07 Å². The molecule has 12 nitrogen and oxygen atoms in total. The highest BCUT2D eigenvalue weighted by Gasteiger charge is 2.62. The van der Waals surface area contributed by atoms with E-state index in [1.54, 1.807) is 4.90 Å². The van der Waals surface area contributed by atoms with Crippen LogP contribution < -0.4 is 21.3 Å². The summed E-state index contributed by atoms with van der Waals surface area (Å²) in [5.74, 6) is -3.11. The Morgan fingerprint density at radius 1 is 0.960 bits per heavy atom. The van der Waals surface area contributed by atoms with Gasteiger partial charge in [0.05, 0.1) is 11.1 Å². The molecule has 2 unspecified atom stereocenters. The van der Waals surface area contributed by atoms with Gasteiger partial charge < -0.3 is 31.2 Å². The maximum absolute atomic E-state index is 14.6. The molecular weight excluding hydrogens is 683 g/mol. The molecule has 3 aliphatic carbocycles. The number of ketones is 1. The van der Waals surface area contributed by atoms with Gasteiger partial charge in [0.15, 0.2) is 0 Å². The van der Waals surface area contributed by atoms with E-state index in [2.05, 4.69) is 26.3 Å². The summed E-state index contributed by atoms with van der Waals surface area (Å²) >= 11 is 12.1. The van der Waals surface area contributed by atoms with Crippen LogP contribution in [-0.2, 0) is 24.0 Å². The Morgan fingerprint density at radius 3 is 2.32 bits per heavy atom. The lowest BCUT2D eigenvalue weighted by molar-refractivity contribution is -0.160. The van der Waals surface area contributed by atoms with Gasteiger partial charge in [-0.25, -0.2) is 0 Å². The van der Waals surface area contributed by atoms with Crippen LogP contribution in [0.4, 0.5) is 0 Å². The summed E-state index contributed by atoms with van der Waals surface area (Å²) in [7, 11) is 0. The fourth-order valence-electron chi connectivity index (χ4n) is 9.14. The van der Waals surface area contributed by atoms with Gasteiger partial charge in [0.25, 0.3) is 11.8 Å². The van der Waals surface area contributed by atoms with E-state index in [4.69, 9.17) is 23.2 Å². The molecule has 3 heterocycles.